The first-order chi connectivity index (χ1) is 3.71. The highest BCUT2D eigenvalue weighted by Gasteiger charge is 2.45. The van der Waals surface area contributed by atoms with Gasteiger partial charge in [0.15, 0.2) is 0 Å². The molecule has 0 amide bonds. The van der Waals surface area contributed by atoms with Crippen LogP contribution in [0.3, 0.4) is 0 Å². The molecule has 0 rings (SSSR count). The molecule has 0 heterocycles. The lowest BCUT2D eigenvalue weighted by atomic mass is 15.6. The van der Waals surface area contributed by atoms with Crippen LogP contribution in [0.2, 0.25) is 0 Å². The van der Waals surface area contributed by atoms with E-state index >= 15 is 0 Å². The summed E-state index contributed by atoms with van der Waals surface area (Å²) in [5.41, 5.74) is 0. The van der Waals surface area contributed by atoms with Crippen LogP contribution < -0.4 is 0 Å². The molecule has 0 aliphatic carbocycles. The molecule has 13 heteroatoms. The largest absolute Gasteiger partial charge is 0.665 e. The molecule has 0 saturated heterocycles. The topological polar surface area (TPSA) is 194 Å². The van der Waals surface area contributed by atoms with Crippen molar-refractivity contribution in [3.05, 3.63) is 0 Å². The molecule has 0 unspecified atom stereocenters. The molecule has 0 aromatic rings. The Morgan fingerprint density at radius 1 is 0.615 bits per heavy atom. The molecule has 0 atom stereocenters. The lowest BCUT2D eigenvalue weighted by Crippen LogP contribution is -2.53. The first-order valence-corrected chi connectivity index (χ1v) is 5.25. The van der Waals surface area contributed by atoms with E-state index in [9.17, 15) is 0 Å². The maximum Gasteiger partial charge on any atom is 0.665 e. The molecular formula is H10Al2O9Si2. The van der Waals surface area contributed by atoms with Crippen LogP contribution in [0.15, 0.2) is 0 Å². The van der Waals surface area contributed by atoms with Crippen LogP contribution in [-0.4, -0.2) is 92.5 Å². The van der Waals surface area contributed by atoms with Crippen molar-refractivity contribution in [2.24, 2.45) is 0 Å². The van der Waals surface area contributed by atoms with Gasteiger partial charge in [-0.15, -0.1) is 0 Å². The van der Waals surface area contributed by atoms with E-state index < -0.39 is 18.1 Å². The summed E-state index contributed by atoms with van der Waals surface area (Å²) in [6, 6.07) is 0. The zero-order chi connectivity index (χ0) is 7.71. The van der Waals surface area contributed by atoms with Gasteiger partial charge in [-0.3, -0.25) is 0 Å². The van der Waals surface area contributed by atoms with Gasteiger partial charge in [0.2, 0.25) is 0 Å². The first kappa shape index (κ1) is 29.2. The summed E-state index contributed by atoms with van der Waals surface area (Å²) in [4.78, 5) is 47.6. The van der Waals surface area contributed by atoms with Gasteiger partial charge in [0.1, 0.15) is 0 Å². The smallest absolute Gasteiger partial charge is 0.412 e. The summed E-state index contributed by atoms with van der Waals surface area (Å²) in [5.74, 6) is 0. The van der Waals surface area contributed by atoms with Crippen molar-refractivity contribution in [3.63, 3.8) is 0 Å². The molecule has 0 bridgehead atoms. The molecule has 0 aliphatic heterocycles. The van der Waals surface area contributed by atoms with Crippen molar-refractivity contribution in [2.75, 3.05) is 0 Å². The highest BCUT2D eigenvalue weighted by Crippen LogP contribution is 1.95. The van der Waals surface area contributed by atoms with Gasteiger partial charge in [0.05, 0.1) is 0 Å². The van der Waals surface area contributed by atoms with E-state index in [0.29, 0.717) is 0 Å². The zero-order valence-corrected chi connectivity index (χ0v) is 10.6. The number of hydrogen-bond acceptors (Lipinski definition) is 7. The second-order valence-corrected chi connectivity index (χ2v) is 4.36. The molecule has 9 nitrogen and oxygen atoms in total. The van der Waals surface area contributed by atoms with Gasteiger partial charge in [-0.25, -0.2) is 0 Å². The van der Waals surface area contributed by atoms with Crippen LogP contribution in [0.5, 0.6) is 0 Å². The minimum Gasteiger partial charge on any atom is -0.412 e. The summed E-state index contributed by atoms with van der Waals surface area (Å²) in [6.45, 7) is 0. The third-order valence-corrected chi connectivity index (χ3v) is 2.46. The van der Waals surface area contributed by atoms with Gasteiger partial charge in [0.25, 0.3) is 0 Å². The summed E-state index contributed by atoms with van der Waals surface area (Å²) in [6.07, 6.45) is 0. The normalized spacial score (nSPS) is 9.69. The SMILES string of the molecule is O.O.O[Si](O)(O)O[Si](O)(O)O.[Al].[Al]. The fourth-order valence-electron chi connectivity index (χ4n) is 0.184. The minimum absolute atomic E-state index is 0. The third kappa shape index (κ3) is 32.0. The lowest BCUT2D eigenvalue weighted by molar-refractivity contribution is 0.0406. The van der Waals surface area contributed by atoms with Crippen LogP contribution in [0.25, 0.3) is 0 Å². The number of rotatable bonds is 2. The lowest BCUT2D eigenvalue weighted by Gasteiger charge is -2.13. The summed E-state index contributed by atoms with van der Waals surface area (Å²) < 4.78 is 3.24. The van der Waals surface area contributed by atoms with E-state index in [1.54, 1.807) is 0 Å². The molecule has 0 aromatic carbocycles. The van der Waals surface area contributed by atoms with E-state index in [2.05, 4.69) is 4.12 Å². The van der Waals surface area contributed by atoms with Gasteiger partial charge < -0.3 is 43.8 Å². The fraction of sp³-hybridized carbons (Fsp3) is 0. The monoisotopic (exact) mass is 264 g/mol. The van der Waals surface area contributed by atoms with Crippen LogP contribution in [0.1, 0.15) is 0 Å². The highest BCUT2D eigenvalue weighted by molar-refractivity contribution is 6.63. The Kier molecular flexibility index (Phi) is 21.8. The van der Waals surface area contributed by atoms with Crippen LogP contribution >= 0.6 is 0 Å². The molecule has 10 N–H and O–H groups in total. The highest BCUT2D eigenvalue weighted by atomic mass is 28.5. The average Bonchev–Trinajstić information content (AvgIpc) is 1.14. The minimum atomic E-state index is -4.98. The first-order valence-electron chi connectivity index (χ1n) is 1.75. The Labute approximate surface area is 96.7 Å². The molecular weight excluding hydrogens is 254 g/mol. The van der Waals surface area contributed by atoms with Crippen LogP contribution in [0.4, 0.5) is 0 Å². The maximum atomic E-state index is 7.94. The Bertz CT molecular complexity index is 80.8. The Morgan fingerprint density at radius 2 is 0.769 bits per heavy atom. The predicted molar refractivity (Wildman–Crippen MR) is 44.6 cm³/mol. The van der Waals surface area contributed by atoms with Gasteiger partial charge >= 0.3 is 18.1 Å². The van der Waals surface area contributed by atoms with Crippen LogP contribution in [0, 0.1) is 0 Å². The quantitative estimate of drug-likeness (QED) is 0.266. The molecule has 6 radical (unpaired) electrons. The van der Waals surface area contributed by atoms with E-state index in [-0.39, 0.29) is 45.7 Å². The zero-order valence-electron chi connectivity index (χ0n) is 6.25. The van der Waals surface area contributed by atoms with E-state index in [1.165, 1.54) is 0 Å². The molecule has 0 spiro atoms. The van der Waals surface area contributed by atoms with Gasteiger partial charge in [0, 0.05) is 34.7 Å². The third-order valence-electron chi connectivity index (χ3n) is 0.274. The standard InChI is InChI=1S/2Al.H6O7Si2.2H2O/c;;1-8(2,3)7-9(4,5)6;;/h;;1-6H;2*1H2. The average molecular weight is 264 g/mol. The Balaban J connectivity index is -0.0000000533. The maximum absolute atomic E-state index is 7.94. The molecule has 0 aromatic heterocycles. The van der Waals surface area contributed by atoms with Crippen molar-refractivity contribution in [1.29, 1.82) is 0 Å². The molecule has 78 valence electrons. The molecule has 0 fully saturated rings. The number of hydrogen-bond donors (Lipinski definition) is 6. The summed E-state index contributed by atoms with van der Waals surface area (Å²) in [5, 5.41) is 0. The summed E-state index contributed by atoms with van der Waals surface area (Å²) in [7, 11) is -9.96. The molecule has 13 heavy (non-hydrogen) atoms. The second-order valence-electron chi connectivity index (χ2n) is 1.25. The van der Waals surface area contributed by atoms with Gasteiger partial charge in [-0.05, 0) is 0 Å². The van der Waals surface area contributed by atoms with Crippen molar-refractivity contribution in [1.82, 2.24) is 0 Å². The van der Waals surface area contributed by atoms with Crippen LogP contribution in [-0.2, 0) is 4.12 Å². The van der Waals surface area contributed by atoms with Crippen molar-refractivity contribution >= 4 is 52.8 Å². The molecule has 0 aliphatic rings. The van der Waals surface area contributed by atoms with Crippen molar-refractivity contribution < 1.29 is 43.8 Å². The van der Waals surface area contributed by atoms with E-state index in [1.807, 2.05) is 0 Å². The Hall–Kier alpha value is 1.14. The van der Waals surface area contributed by atoms with Gasteiger partial charge in [-0.1, -0.05) is 0 Å². The summed E-state index contributed by atoms with van der Waals surface area (Å²) >= 11 is 0. The van der Waals surface area contributed by atoms with E-state index in [0.717, 1.165) is 0 Å². The second kappa shape index (κ2) is 9.68. The molecule has 0 saturated carbocycles. The van der Waals surface area contributed by atoms with Crippen molar-refractivity contribution in [2.45, 2.75) is 0 Å². The predicted octanol–water partition coefficient (Wildman–Crippen LogP) is -6.58. The van der Waals surface area contributed by atoms with Gasteiger partial charge in [-0.2, -0.15) is 0 Å². The van der Waals surface area contributed by atoms with Crippen molar-refractivity contribution in [3.8, 4) is 0 Å². The fourth-order valence-corrected chi connectivity index (χ4v) is 1.65. The van der Waals surface area contributed by atoms with E-state index in [4.69, 9.17) is 28.8 Å². The Morgan fingerprint density at radius 3 is 0.769 bits per heavy atom.